The standard InChI is InChI=1S/C24BF20.C11H12NOS/c26-5-1(6(27)14(35)21(42)13(5)34)25(2-7(28)15(36)22(43)16(37)8(2)29,3-9(30)17(38)23(44)18(39)10(3)31)4-11(32)19(40)24(45)20(41)12(4)33;1-13-11-12(7-8-14-11)9-10-5-3-2-4-6-10/h;2-8H,9H2,1H3/q-1;+1. The van der Waals surface area contributed by atoms with Gasteiger partial charge in [-0.3, -0.25) is 0 Å². The van der Waals surface area contributed by atoms with Crippen LogP contribution in [0.4, 0.5) is 87.8 Å². The maximum atomic E-state index is 15.4. The largest absolute Gasteiger partial charge is 0.439 e. The molecule has 0 amide bonds. The van der Waals surface area contributed by atoms with Gasteiger partial charge in [0, 0.05) is 5.56 Å². The van der Waals surface area contributed by atoms with Crippen LogP contribution in [0, 0.1) is 116 Å². The normalized spacial score (nSPS) is 11.5. The molecular weight excluding hydrogens is 873 g/mol. The Hall–Kier alpha value is -5.81. The minimum Gasteiger partial charge on any atom is -0.439 e. The second kappa shape index (κ2) is 16.4. The molecule has 1 aromatic heterocycles. The van der Waals surface area contributed by atoms with E-state index in [1.165, 1.54) is 5.56 Å². The Kier molecular flexibility index (Phi) is 12.4. The van der Waals surface area contributed by atoms with Gasteiger partial charge in [-0.2, -0.15) is 4.57 Å². The van der Waals surface area contributed by atoms with E-state index in [1.807, 2.05) is 17.6 Å². The van der Waals surface area contributed by atoms with Gasteiger partial charge in [-0.1, -0.05) is 30.3 Å². The van der Waals surface area contributed by atoms with Crippen LogP contribution in [0.1, 0.15) is 5.56 Å². The summed E-state index contributed by atoms with van der Waals surface area (Å²) in [6.45, 7) is 0.869. The predicted molar refractivity (Wildman–Crippen MR) is 166 cm³/mol. The fraction of sp³-hybridized carbons (Fsp3) is 0.0571. The lowest BCUT2D eigenvalue weighted by Gasteiger charge is -2.44. The summed E-state index contributed by atoms with van der Waals surface area (Å²) in [5.41, 5.74) is -13.0. The van der Waals surface area contributed by atoms with Gasteiger partial charge in [0.05, 0.1) is 12.5 Å². The molecule has 0 fully saturated rings. The Morgan fingerprint density at radius 3 is 0.915 bits per heavy atom. The van der Waals surface area contributed by atoms with Crippen LogP contribution in [-0.2, 0) is 6.54 Å². The molecule has 0 saturated heterocycles. The summed E-state index contributed by atoms with van der Waals surface area (Å²) < 4.78 is 301. The van der Waals surface area contributed by atoms with E-state index < -0.39 is 144 Å². The highest BCUT2D eigenvalue weighted by Gasteiger charge is 2.52. The molecule has 312 valence electrons. The highest BCUT2D eigenvalue weighted by atomic mass is 32.1. The number of hydrogen-bond donors (Lipinski definition) is 0. The maximum absolute atomic E-state index is 15.4. The molecule has 0 bridgehead atoms. The van der Waals surface area contributed by atoms with Crippen molar-refractivity contribution in [3.05, 3.63) is 164 Å². The third-order valence-corrected chi connectivity index (χ3v) is 9.58. The molecule has 24 heteroatoms. The first-order valence-electron chi connectivity index (χ1n) is 15.4. The van der Waals surface area contributed by atoms with Crippen molar-refractivity contribution in [2.45, 2.75) is 6.54 Å². The maximum Gasteiger partial charge on any atom is 0.430 e. The van der Waals surface area contributed by atoms with Gasteiger partial charge in [0.2, 0.25) is 0 Å². The van der Waals surface area contributed by atoms with Crippen molar-refractivity contribution in [1.82, 2.24) is 0 Å². The number of methoxy groups -OCH3 is 1. The van der Waals surface area contributed by atoms with Crippen molar-refractivity contribution in [2.75, 3.05) is 7.11 Å². The van der Waals surface area contributed by atoms with Gasteiger partial charge in [-0.15, -0.1) is 21.9 Å². The van der Waals surface area contributed by atoms with E-state index in [2.05, 4.69) is 28.8 Å². The SMILES string of the molecule is COc1scc[n+]1Cc1ccccc1.Fc1c(F)c(F)c([B-](c2c(F)c(F)c(F)c(F)c2F)(c2c(F)c(F)c(F)c(F)c2F)c2c(F)c(F)c(F)c(F)c2F)c(F)c1F. The number of hydrogen-bond acceptors (Lipinski definition) is 2. The quantitative estimate of drug-likeness (QED) is 0.0523. The van der Waals surface area contributed by atoms with E-state index in [-0.39, 0.29) is 0 Å². The molecule has 59 heavy (non-hydrogen) atoms. The first kappa shape index (κ1) is 44.3. The first-order chi connectivity index (χ1) is 27.6. The highest BCUT2D eigenvalue weighted by molar-refractivity contribution is 7.20. The highest BCUT2D eigenvalue weighted by Crippen LogP contribution is 2.30. The van der Waals surface area contributed by atoms with Crippen molar-refractivity contribution in [1.29, 1.82) is 0 Å². The molecule has 0 atom stereocenters. The lowest BCUT2D eigenvalue weighted by Crippen LogP contribution is -2.81. The van der Waals surface area contributed by atoms with Crippen molar-refractivity contribution in [2.24, 2.45) is 0 Å². The van der Waals surface area contributed by atoms with Gasteiger partial charge in [0.1, 0.15) is 52.7 Å². The Bertz CT molecular complexity index is 2260. The van der Waals surface area contributed by atoms with Crippen molar-refractivity contribution in [3.63, 3.8) is 0 Å². The van der Waals surface area contributed by atoms with E-state index in [4.69, 9.17) is 4.74 Å². The molecule has 6 rings (SSSR count). The number of rotatable bonds is 7. The summed E-state index contributed by atoms with van der Waals surface area (Å²) in [6, 6.07) is 10.4. The van der Waals surface area contributed by atoms with E-state index in [0.717, 1.165) is 11.7 Å². The Balaban J connectivity index is 0.000000395. The van der Waals surface area contributed by atoms with Crippen LogP contribution in [0.25, 0.3) is 0 Å². The van der Waals surface area contributed by atoms with Gasteiger partial charge < -0.3 is 4.74 Å². The molecule has 2 nitrogen and oxygen atoms in total. The predicted octanol–water partition coefficient (Wildman–Crippen LogP) is 7.94. The van der Waals surface area contributed by atoms with Crippen molar-refractivity contribution in [3.8, 4) is 5.19 Å². The fourth-order valence-electron chi connectivity index (χ4n) is 6.23. The number of nitrogens with zero attached hydrogens (tertiary/aromatic N) is 1. The first-order valence-corrected chi connectivity index (χ1v) is 16.3. The second-order valence-corrected chi connectivity index (χ2v) is 12.6. The Morgan fingerprint density at radius 1 is 0.407 bits per heavy atom. The third-order valence-electron chi connectivity index (χ3n) is 8.72. The summed E-state index contributed by atoms with van der Waals surface area (Å²) in [5, 5.41) is 2.97. The number of aromatic nitrogens is 1. The average molecular weight is 885 g/mol. The monoisotopic (exact) mass is 885 g/mol. The minimum atomic E-state index is -7.22. The molecular formula is C35H12BF20NOS. The van der Waals surface area contributed by atoms with E-state index in [1.54, 1.807) is 18.4 Å². The van der Waals surface area contributed by atoms with Crippen LogP contribution < -0.4 is 31.2 Å². The van der Waals surface area contributed by atoms with Gasteiger partial charge in [-0.05, 0) is 11.3 Å². The fourth-order valence-corrected chi connectivity index (χ4v) is 6.91. The number of halogens is 20. The average Bonchev–Trinajstić information content (AvgIpc) is 3.68. The van der Waals surface area contributed by atoms with Crippen LogP contribution in [0.2, 0.25) is 0 Å². The summed E-state index contributed by atoms with van der Waals surface area (Å²) in [4.78, 5) is 0. The molecule has 0 spiro atoms. The van der Waals surface area contributed by atoms with Crippen LogP contribution in [0.15, 0.2) is 41.9 Å². The van der Waals surface area contributed by atoms with Gasteiger partial charge in [-0.25, -0.2) is 87.8 Å². The van der Waals surface area contributed by atoms with E-state index in [9.17, 15) is 52.7 Å². The lowest BCUT2D eigenvalue weighted by atomic mass is 9.12. The molecule has 5 aromatic carbocycles. The molecule has 0 N–H and O–H groups in total. The van der Waals surface area contributed by atoms with E-state index in [0.29, 0.717) is 0 Å². The topological polar surface area (TPSA) is 13.1 Å². The van der Waals surface area contributed by atoms with Crippen LogP contribution in [0.3, 0.4) is 0 Å². The van der Waals surface area contributed by atoms with Crippen molar-refractivity contribution >= 4 is 39.3 Å². The van der Waals surface area contributed by atoms with Gasteiger partial charge in [0.15, 0.2) is 82.5 Å². The smallest absolute Gasteiger partial charge is 0.430 e. The minimum absolute atomic E-state index is 0.869. The summed E-state index contributed by atoms with van der Waals surface area (Å²) in [5.74, 6) is -71.4. The second-order valence-electron chi connectivity index (χ2n) is 11.8. The van der Waals surface area contributed by atoms with Gasteiger partial charge in [0.25, 0.3) is 0 Å². The number of benzene rings is 5. The molecule has 6 aromatic rings. The van der Waals surface area contributed by atoms with Crippen molar-refractivity contribution < 1.29 is 97.1 Å². The van der Waals surface area contributed by atoms with Crippen LogP contribution in [-0.4, -0.2) is 13.3 Å². The summed E-state index contributed by atoms with van der Waals surface area (Å²) in [6.07, 6.45) is -5.18. The molecule has 0 aliphatic carbocycles. The number of ether oxygens (including phenoxy) is 1. The zero-order chi connectivity index (χ0) is 44.2. The van der Waals surface area contributed by atoms with Gasteiger partial charge >= 0.3 is 5.19 Å². The van der Waals surface area contributed by atoms with Crippen LogP contribution >= 0.6 is 11.3 Å². The molecule has 0 aliphatic heterocycles. The molecule has 1 heterocycles. The third kappa shape index (κ3) is 6.89. The summed E-state index contributed by atoms with van der Waals surface area (Å²) in [7, 11) is 1.70. The zero-order valence-corrected chi connectivity index (χ0v) is 29.0. The number of thiazole rings is 1. The Morgan fingerprint density at radius 2 is 0.661 bits per heavy atom. The lowest BCUT2D eigenvalue weighted by molar-refractivity contribution is -0.688. The Labute approximate surface area is 319 Å². The van der Waals surface area contributed by atoms with Crippen LogP contribution in [0.5, 0.6) is 5.19 Å². The molecule has 0 unspecified atom stereocenters. The van der Waals surface area contributed by atoms with E-state index >= 15 is 35.1 Å². The molecule has 0 radical (unpaired) electrons. The molecule has 0 aliphatic rings. The summed E-state index contributed by atoms with van der Waals surface area (Å²) >= 11 is 1.61. The zero-order valence-electron chi connectivity index (χ0n) is 28.1. The molecule has 0 saturated carbocycles.